The number of benzene rings is 1. The van der Waals surface area contributed by atoms with E-state index in [2.05, 4.69) is 10.6 Å². The molecule has 0 aliphatic rings. The molecule has 3 N–H and O–H groups in total. The molecule has 1 rings (SSSR count). The van der Waals surface area contributed by atoms with E-state index < -0.39 is 23.7 Å². The van der Waals surface area contributed by atoms with E-state index in [1.54, 1.807) is 0 Å². The van der Waals surface area contributed by atoms with Crippen LogP contribution in [0.25, 0.3) is 0 Å². The van der Waals surface area contributed by atoms with Gasteiger partial charge >= 0.3 is 0 Å². The maximum absolute atomic E-state index is 13.5. The highest BCUT2D eigenvalue weighted by atomic mass is 35.5. The van der Waals surface area contributed by atoms with Crippen molar-refractivity contribution in [2.45, 2.75) is 25.9 Å². The second kappa shape index (κ2) is 8.59. The molecule has 0 spiro atoms. The van der Waals surface area contributed by atoms with Gasteiger partial charge in [-0.05, 0) is 25.0 Å². The summed E-state index contributed by atoms with van der Waals surface area (Å²) >= 11 is 5.74. The van der Waals surface area contributed by atoms with Crippen molar-refractivity contribution < 1.29 is 19.1 Å². The van der Waals surface area contributed by atoms with Crippen molar-refractivity contribution in [3.63, 3.8) is 0 Å². The number of hydrogen-bond acceptors (Lipinski definition) is 3. The van der Waals surface area contributed by atoms with E-state index in [0.29, 0.717) is 19.4 Å². The Bertz CT molecular complexity index is 491. The molecule has 0 saturated carbocycles. The first-order valence-electron chi connectivity index (χ1n) is 6.62. The molecular weight excluding hydrogens is 299 g/mol. The molecule has 0 aliphatic carbocycles. The Hall–Kier alpha value is -1.66. The minimum absolute atomic E-state index is 0.0148. The van der Waals surface area contributed by atoms with Gasteiger partial charge in [0.25, 0.3) is 5.91 Å². The van der Waals surface area contributed by atoms with Crippen molar-refractivity contribution in [1.82, 2.24) is 10.6 Å². The number of nitrogens with one attached hydrogen (secondary N) is 2. The molecule has 0 heterocycles. The maximum atomic E-state index is 13.5. The summed E-state index contributed by atoms with van der Waals surface area (Å²) in [5.74, 6) is -1.91. The quantitative estimate of drug-likeness (QED) is 0.713. The fraction of sp³-hybridized carbons (Fsp3) is 0.429. The van der Waals surface area contributed by atoms with Gasteiger partial charge in [-0.3, -0.25) is 9.59 Å². The molecule has 21 heavy (non-hydrogen) atoms. The van der Waals surface area contributed by atoms with E-state index in [-0.39, 0.29) is 17.1 Å². The summed E-state index contributed by atoms with van der Waals surface area (Å²) in [6.45, 7) is 1.86. The smallest absolute Gasteiger partial charge is 0.256 e. The molecule has 5 nitrogen and oxygen atoms in total. The first-order chi connectivity index (χ1) is 9.95. The predicted molar refractivity (Wildman–Crippen MR) is 77.7 cm³/mol. The molecule has 116 valence electrons. The van der Waals surface area contributed by atoms with Crippen molar-refractivity contribution in [2.24, 2.45) is 0 Å². The number of rotatable bonds is 7. The standard InChI is InChI=1S/C14H18ClFN2O3/c1-2-9(19)6-7-17-12(20)8-18-14(21)13-10(15)4-3-5-11(13)16/h3-5,9,19H,2,6-8H2,1H3,(H,17,20)(H,18,21). The second-order valence-electron chi connectivity index (χ2n) is 4.48. The van der Waals surface area contributed by atoms with Crippen LogP contribution in [0.2, 0.25) is 5.02 Å². The second-order valence-corrected chi connectivity index (χ2v) is 4.89. The highest BCUT2D eigenvalue weighted by Gasteiger charge is 2.16. The van der Waals surface area contributed by atoms with E-state index in [1.165, 1.54) is 12.1 Å². The Morgan fingerprint density at radius 2 is 2.10 bits per heavy atom. The highest BCUT2D eigenvalue weighted by Crippen LogP contribution is 2.18. The van der Waals surface area contributed by atoms with Crippen molar-refractivity contribution in [2.75, 3.05) is 13.1 Å². The van der Waals surface area contributed by atoms with Crippen LogP contribution < -0.4 is 10.6 Å². The third-order valence-electron chi connectivity index (χ3n) is 2.87. The zero-order valence-corrected chi connectivity index (χ0v) is 12.4. The number of aliphatic hydroxyl groups is 1. The monoisotopic (exact) mass is 316 g/mol. The number of amides is 2. The van der Waals surface area contributed by atoms with Crippen LogP contribution in [0.1, 0.15) is 30.1 Å². The predicted octanol–water partition coefficient (Wildman–Crippen LogP) is 1.49. The van der Waals surface area contributed by atoms with Gasteiger partial charge in [-0.2, -0.15) is 0 Å². The van der Waals surface area contributed by atoms with Gasteiger partial charge in [0.1, 0.15) is 5.82 Å². The minimum atomic E-state index is -0.748. The number of carbonyl (C=O) groups is 2. The van der Waals surface area contributed by atoms with E-state index in [0.717, 1.165) is 6.07 Å². The summed E-state index contributed by atoms with van der Waals surface area (Å²) in [6, 6.07) is 3.90. The normalized spacial score (nSPS) is 11.8. The van der Waals surface area contributed by atoms with Crippen LogP contribution in [0, 0.1) is 5.82 Å². The molecular formula is C14H18ClFN2O3. The number of halogens is 2. The lowest BCUT2D eigenvalue weighted by atomic mass is 10.2. The maximum Gasteiger partial charge on any atom is 0.256 e. The van der Waals surface area contributed by atoms with Crippen LogP contribution >= 0.6 is 11.6 Å². The van der Waals surface area contributed by atoms with Gasteiger partial charge in [-0.15, -0.1) is 0 Å². The molecule has 0 bridgehead atoms. The van der Waals surface area contributed by atoms with Crippen molar-refractivity contribution in [1.29, 1.82) is 0 Å². The zero-order valence-electron chi connectivity index (χ0n) is 11.7. The summed E-state index contributed by atoms with van der Waals surface area (Å²) in [5.41, 5.74) is -0.284. The molecule has 0 saturated heterocycles. The third kappa shape index (κ3) is 5.69. The minimum Gasteiger partial charge on any atom is -0.393 e. The van der Waals surface area contributed by atoms with Crippen LogP contribution in [0.15, 0.2) is 18.2 Å². The Morgan fingerprint density at radius 1 is 1.38 bits per heavy atom. The molecule has 0 aromatic heterocycles. The first kappa shape index (κ1) is 17.4. The van der Waals surface area contributed by atoms with Gasteiger partial charge in [0, 0.05) is 6.54 Å². The lowest BCUT2D eigenvalue weighted by molar-refractivity contribution is -0.120. The molecule has 2 amide bonds. The van der Waals surface area contributed by atoms with Gasteiger partial charge in [-0.25, -0.2) is 4.39 Å². The van der Waals surface area contributed by atoms with Crippen LogP contribution in [0.4, 0.5) is 4.39 Å². The van der Waals surface area contributed by atoms with Crippen molar-refractivity contribution in [3.8, 4) is 0 Å². The first-order valence-corrected chi connectivity index (χ1v) is 7.00. The topological polar surface area (TPSA) is 78.4 Å². The average Bonchev–Trinajstić information content (AvgIpc) is 2.44. The molecule has 0 aliphatic heterocycles. The molecule has 1 aromatic carbocycles. The lowest BCUT2D eigenvalue weighted by Crippen LogP contribution is -2.38. The molecule has 1 aromatic rings. The molecule has 0 fully saturated rings. The number of hydrogen-bond donors (Lipinski definition) is 3. The van der Waals surface area contributed by atoms with Gasteiger partial charge in [0.15, 0.2) is 0 Å². The Labute approximate surface area is 127 Å². The molecule has 0 radical (unpaired) electrons. The van der Waals surface area contributed by atoms with Gasteiger partial charge in [0.2, 0.25) is 5.91 Å². The van der Waals surface area contributed by atoms with E-state index in [9.17, 15) is 19.1 Å². The van der Waals surface area contributed by atoms with Crippen molar-refractivity contribution in [3.05, 3.63) is 34.6 Å². The highest BCUT2D eigenvalue weighted by molar-refractivity contribution is 6.33. The molecule has 7 heteroatoms. The molecule has 1 unspecified atom stereocenters. The SMILES string of the molecule is CCC(O)CCNC(=O)CNC(=O)c1c(F)cccc1Cl. The van der Waals surface area contributed by atoms with Gasteiger partial charge in [-0.1, -0.05) is 24.6 Å². The fourth-order valence-corrected chi connectivity index (χ4v) is 1.86. The van der Waals surface area contributed by atoms with Crippen LogP contribution in [0.5, 0.6) is 0 Å². The van der Waals surface area contributed by atoms with Crippen molar-refractivity contribution >= 4 is 23.4 Å². The number of carbonyl (C=O) groups excluding carboxylic acids is 2. The number of aliphatic hydroxyl groups excluding tert-OH is 1. The largest absolute Gasteiger partial charge is 0.393 e. The summed E-state index contributed by atoms with van der Waals surface area (Å²) < 4.78 is 13.5. The fourth-order valence-electron chi connectivity index (χ4n) is 1.61. The van der Waals surface area contributed by atoms with Crippen LogP contribution in [0.3, 0.4) is 0 Å². The van der Waals surface area contributed by atoms with E-state index in [4.69, 9.17) is 11.6 Å². The Kier molecular flexibility index (Phi) is 7.11. The Morgan fingerprint density at radius 3 is 2.71 bits per heavy atom. The van der Waals surface area contributed by atoms with Crippen LogP contribution in [-0.2, 0) is 4.79 Å². The van der Waals surface area contributed by atoms with E-state index >= 15 is 0 Å². The lowest BCUT2D eigenvalue weighted by Gasteiger charge is -2.10. The van der Waals surface area contributed by atoms with Gasteiger partial charge in [0.05, 0.1) is 23.2 Å². The summed E-state index contributed by atoms with van der Waals surface area (Å²) in [6.07, 6.45) is 0.588. The average molecular weight is 317 g/mol. The zero-order chi connectivity index (χ0) is 15.8. The summed E-state index contributed by atoms with van der Waals surface area (Å²) in [5, 5.41) is 14.1. The van der Waals surface area contributed by atoms with Crippen LogP contribution in [-0.4, -0.2) is 36.1 Å². The summed E-state index contributed by atoms with van der Waals surface area (Å²) in [7, 11) is 0. The van der Waals surface area contributed by atoms with E-state index in [1.807, 2.05) is 6.92 Å². The summed E-state index contributed by atoms with van der Waals surface area (Å²) in [4.78, 5) is 23.2. The third-order valence-corrected chi connectivity index (χ3v) is 3.19. The molecule has 1 atom stereocenters. The van der Waals surface area contributed by atoms with Gasteiger partial charge < -0.3 is 15.7 Å². The Balaban J connectivity index is 2.41.